The van der Waals surface area contributed by atoms with Crippen molar-refractivity contribution in [1.82, 2.24) is 15.1 Å². The molecule has 0 saturated heterocycles. The van der Waals surface area contributed by atoms with Gasteiger partial charge in [0.05, 0.1) is 0 Å². The van der Waals surface area contributed by atoms with Crippen LogP contribution in [0.15, 0.2) is 14.2 Å². The number of aromatic nitrogens is 3. The van der Waals surface area contributed by atoms with E-state index >= 15 is 0 Å². The maximum atomic E-state index is 12.4. The second-order valence-electron chi connectivity index (χ2n) is 4.71. The fourth-order valence-corrected chi connectivity index (χ4v) is 4.24. The first-order chi connectivity index (χ1) is 8.98. The molecular formula is C11H13N3O3S2. The van der Waals surface area contributed by atoms with Gasteiger partial charge in [0.25, 0.3) is 0 Å². The third-order valence-corrected chi connectivity index (χ3v) is 6.50. The lowest BCUT2D eigenvalue weighted by Crippen LogP contribution is -2.11. The molecule has 0 radical (unpaired) electrons. The van der Waals surface area contributed by atoms with Crippen LogP contribution in [0.25, 0.3) is 0 Å². The number of aryl methyl sites for hydroxylation is 1. The lowest BCUT2D eigenvalue weighted by atomic mass is 10.4. The fourth-order valence-electron chi connectivity index (χ4n) is 1.67. The molecule has 0 aromatic carbocycles. The molecular weight excluding hydrogens is 286 g/mol. The summed E-state index contributed by atoms with van der Waals surface area (Å²) in [6, 6.07) is 0. The molecule has 0 aliphatic heterocycles. The molecule has 2 heterocycles. The number of thiazole rings is 1. The second kappa shape index (κ2) is 4.38. The van der Waals surface area contributed by atoms with E-state index in [1.54, 1.807) is 19.2 Å². The van der Waals surface area contributed by atoms with Gasteiger partial charge in [-0.2, -0.15) is 4.98 Å². The molecule has 1 unspecified atom stereocenters. The zero-order valence-corrected chi connectivity index (χ0v) is 12.2. The highest BCUT2D eigenvalue weighted by molar-refractivity contribution is 7.93. The van der Waals surface area contributed by atoms with Gasteiger partial charge in [0.1, 0.15) is 5.25 Å². The Balaban J connectivity index is 1.91. The Bertz CT molecular complexity index is 700. The number of hydrogen-bond acceptors (Lipinski definition) is 7. The van der Waals surface area contributed by atoms with Crippen molar-refractivity contribution in [3.8, 4) is 0 Å². The summed E-state index contributed by atoms with van der Waals surface area (Å²) in [5, 5.41) is 4.69. The van der Waals surface area contributed by atoms with Crippen LogP contribution in [-0.4, -0.2) is 23.5 Å². The molecule has 8 heteroatoms. The molecule has 1 saturated carbocycles. The van der Waals surface area contributed by atoms with Gasteiger partial charge in [0.2, 0.25) is 20.1 Å². The molecule has 1 aliphatic carbocycles. The fraction of sp³-hybridized carbons (Fsp3) is 0.545. The van der Waals surface area contributed by atoms with E-state index in [9.17, 15) is 8.42 Å². The number of nitrogens with zero attached hydrogens (tertiary/aromatic N) is 3. The maximum absolute atomic E-state index is 12.4. The third-order valence-electron chi connectivity index (χ3n) is 3.05. The van der Waals surface area contributed by atoms with Crippen LogP contribution in [0.1, 0.15) is 48.3 Å². The molecule has 3 rings (SSSR count). The molecule has 1 atom stereocenters. The number of hydrogen-bond donors (Lipinski definition) is 0. The first kappa shape index (κ1) is 12.7. The molecule has 0 spiro atoms. The highest BCUT2D eigenvalue weighted by atomic mass is 32.2. The number of sulfone groups is 1. The van der Waals surface area contributed by atoms with E-state index in [4.69, 9.17) is 4.52 Å². The molecule has 1 aliphatic rings. The van der Waals surface area contributed by atoms with Gasteiger partial charge in [0, 0.05) is 17.0 Å². The van der Waals surface area contributed by atoms with Crippen LogP contribution in [0.3, 0.4) is 0 Å². The van der Waals surface area contributed by atoms with E-state index in [0.717, 1.165) is 24.2 Å². The molecule has 19 heavy (non-hydrogen) atoms. The van der Waals surface area contributed by atoms with Crippen LogP contribution in [0.5, 0.6) is 0 Å². The molecule has 1 fully saturated rings. The average molecular weight is 299 g/mol. The Kier molecular flexibility index (Phi) is 2.94. The van der Waals surface area contributed by atoms with Crippen molar-refractivity contribution in [2.24, 2.45) is 0 Å². The van der Waals surface area contributed by atoms with E-state index in [0.29, 0.717) is 17.4 Å². The van der Waals surface area contributed by atoms with Crippen LogP contribution in [0, 0.1) is 6.92 Å². The number of rotatable bonds is 4. The van der Waals surface area contributed by atoms with Gasteiger partial charge in [-0.05, 0) is 26.7 Å². The topological polar surface area (TPSA) is 86.0 Å². The molecule has 2 aromatic heterocycles. The quantitative estimate of drug-likeness (QED) is 0.860. The van der Waals surface area contributed by atoms with Crippen LogP contribution in [0.4, 0.5) is 0 Å². The Labute approximate surface area is 114 Å². The van der Waals surface area contributed by atoms with Crippen LogP contribution >= 0.6 is 11.3 Å². The standard InChI is InChI=1S/C11H13N3O3S2/c1-6-5-18-11(12-6)19(15,16)7(2)10-13-9(14-17-10)8-3-4-8/h5,7-8H,3-4H2,1-2H3. The van der Waals surface area contributed by atoms with Crippen molar-refractivity contribution in [1.29, 1.82) is 0 Å². The van der Waals surface area contributed by atoms with Crippen molar-refractivity contribution in [3.63, 3.8) is 0 Å². The van der Waals surface area contributed by atoms with Crippen LogP contribution in [-0.2, 0) is 9.84 Å². The minimum atomic E-state index is -3.55. The second-order valence-corrected chi connectivity index (χ2v) is 8.01. The Morgan fingerprint density at radius 1 is 1.42 bits per heavy atom. The van der Waals surface area contributed by atoms with Crippen molar-refractivity contribution >= 4 is 21.2 Å². The summed E-state index contributed by atoms with van der Waals surface area (Å²) < 4.78 is 29.9. The van der Waals surface area contributed by atoms with Gasteiger partial charge in [0.15, 0.2) is 5.82 Å². The summed E-state index contributed by atoms with van der Waals surface area (Å²) >= 11 is 1.12. The van der Waals surface area contributed by atoms with Crippen LogP contribution in [0.2, 0.25) is 0 Å². The maximum Gasteiger partial charge on any atom is 0.245 e. The van der Waals surface area contributed by atoms with Gasteiger partial charge < -0.3 is 4.52 Å². The molecule has 6 nitrogen and oxygen atoms in total. The molecule has 0 N–H and O–H groups in total. The first-order valence-corrected chi connectivity index (χ1v) is 8.40. The van der Waals surface area contributed by atoms with Crippen molar-refractivity contribution in [3.05, 3.63) is 22.8 Å². The van der Waals surface area contributed by atoms with Gasteiger partial charge in [-0.1, -0.05) is 5.16 Å². The molecule has 0 amide bonds. The molecule has 0 bridgehead atoms. The zero-order valence-electron chi connectivity index (χ0n) is 10.5. The van der Waals surface area contributed by atoms with Crippen molar-refractivity contribution in [2.45, 2.75) is 42.2 Å². The summed E-state index contributed by atoms with van der Waals surface area (Å²) in [5.41, 5.74) is 0.694. The summed E-state index contributed by atoms with van der Waals surface area (Å²) in [4.78, 5) is 8.21. The lowest BCUT2D eigenvalue weighted by Gasteiger charge is -2.05. The predicted molar refractivity (Wildman–Crippen MR) is 68.7 cm³/mol. The Morgan fingerprint density at radius 2 is 2.16 bits per heavy atom. The van der Waals surface area contributed by atoms with E-state index in [1.165, 1.54) is 0 Å². The van der Waals surface area contributed by atoms with E-state index in [1.807, 2.05) is 0 Å². The van der Waals surface area contributed by atoms with Crippen molar-refractivity contribution < 1.29 is 12.9 Å². The Morgan fingerprint density at radius 3 is 2.74 bits per heavy atom. The van der Waals surface area contributed by atoms with Gasteiger partial charge >= 0.3 is 0 Å². The van der Waals surface area contributed by atoms with E-state index < -0.39 is 15.1 Å². The average Bonchev–Trinajstić information content (AvgIpc) is 2.93. The molecule has 102 valence electrons. The first-order valence-electron chi connectivity index (χ1n) is 5.98. The summed E-state index contributed by atoms with van der Waals surface area (Å²) in [6.07, 6.45) is 2.09. The zero-order chi connectivity index (χ0) is 13.6. The summed E-state index contributed by atoms with van der Waals surface area (Å²) in [6.45, 7) is 3.31. The van der Waals surface area contributed by atoms with Crippen LogP contribution < -0.4 is 0 Å². The largest absolute Gasteiger partial charge is 0.338 e. The lowest BCUT2D eigenvalue weighted by molar-refractivity contribution is 0.371. The van der Waals surface area contributed by atoms with E-state index in [2.05, 4.69) is 15.1 Å². The van der Waals surface area contributed by atoms with Gasteiger partial charge in [-0.15, -0.1) is 11.3 Å². The summed E-state index contributed by atoms with van der Waals surface area (Å²) in [5.74, 6) is 1.11. The summed E-state index contributed by atoms with van der Waals surface area (Å²) in [7, 11) is -3.55. The minimum absolute atomic E-state index is 0.101. The van der Waals surface area contributed by atoms with E-state index in [-0.39, 0.29) is 10.2 Å². The highest BCUT2D eigenvalue weighted by Gasteiger charge is 2.35. The smallest absolute Gasteiger partial charge is 0.245 e. The normalized spacial score (nSPS) is 17.6. The third kappa shape index (κ3) is 2.30. The van der Waals surface area contributed by atoms with Gasteiger partial charge in [-0.25, -0.2) is 13.4 Å². The van der Waals surface area contributed by atoms with Gasteiger partial charge in [-0.3, -0.25) is 0 Å². The monoisotopic (exact) mass is 299 g/mol. The predicted octanol–water partition coefficient (Wildman–Crippen LogP) is 2.25. The SMILES string of the molecule is Cc1csc(S(=O)(=O)C(C)c2nc(C3CC3)no2)n1. The molecule has 2 aromatic rings. The minimum Gasteiger partial charge on any atom is -0.338 e. The highest BCUT2D eigenvalue weighted by Crippen LogP contribution is 2.39. The Hall–Kier alpha value is -1.28. The van der Waals surface area contributed by atoms with Crippen molar-refractivity contribution in [2.75, 3.05) is 0 Å².